The van der Waals surface area contributed by atoms with Crippen LogP contribution in [0.3, 0.4) is 0 Å². The predicted octanol–water partition coefficient (Wildman–Crippen LogP) is 0.869. The quantitative estimate of drug-likeness (QED) is 0.423. The third kappa shape index (κ3) is 123000. The van der Waals surface area contributed by atoms with Crippen molar-refractivity contribution in [2.75, 3.05) is 0 Å². The second kappa shape index (κ2) is 19.9. The van der Waals surface area contributed by atoms with E-state index < -0.39 is 33.6 Å². The minimum Gasteiger partial charge on any atom is -0.850 e. The van der Waals surface area contributed by atoms with E-state index in [1.807, 2.05) is 0 Å². The summed E-state index contributed by atoms with van der Waals surface area (Å²) in [5, 5.41) is 60.6. The van der Waals surface area contributed by atoms with E-state index in [9.17, 15) is 30.6 Å². The average molecular weight is 535 g/mol. The Bertz CT molecular complexity index is 214. The molecule has 0 aromatic rings. The van der Waals surface area contributed by atoms with E-state index >= 15 is 0 Å². The Hall–Kier alpha value is 0.448. The third-order valence-electron chi connectivity index (χ3n) is 0. The van der Waals surface area contributed by atoms with Crippen LogP contribution in [0.4, 0.5) is 0 Å². The number of rotatable bonds is 0. The van der Waals surface area contributed by atoms with E-state index in [2.05, 4.69) is 0 Å². The van der Waals surface area contributed by atoms with Gasteiger partial charge in [-0.1, -0.05) is 125 Å². The van der Waals surface area contributed by atoms with Crippen molar-refractivity contribution < 1.29 is 51.7 Å². The van der Waals surface area contributed by atoms with Gasteiger partial charge >= 0.3 is 0 Å². The summed E-state index contributed by atoms with van der Waals surface area (Å²) >= 11 is 0. The molecule has 0 saturated heterocycles. The first-order valence-electron chi connectivity index (χ1n) is 10.2. The van der Waals surface area contributed by atoms with Gasteiger partial charge in [0.2, 0.25) is 0 Å². The molecule has 6 nitrogen and oxygen atoms in total. The fourth-order valence-corrected chi connectivity index (χ4v) is 0. The summed E-state index contributed by atoms with van der Waals surface area (Å²) in [7, 11) is 0. The first-order valence-corrected chi connectivity index (χ1v) is 10.2. The molecule has 0 saturated carbocycles. The van der Waals surface area contributed by atoms with Crippen LogP contribution in [0.25, 0.3) is 0 Å². The van der Waals surface area contributed by atoms with E-state index in [-0.39, 0.29) is 21.1 Å². The summed E-state index contributed by atoms with van der Waals surface area (Å²) in [4.78, 5) is 0. The maximum absolute atomic E-state index is 10.1. The fraction of sp³-hybridized carbons (Fsp3) is 1.00. The molecule has 0 fully saturated rings. The van der Waals surface area contributed by atoms with Gasteiger partial charge < -0.3 is 30.6 Å². The SMILES string of the molecule is CC(C)(C)[O-].CC(C)(C)[O-].CC(C)(C)[O-].CC(C)(C)[O-].CC(C)(C)[O-].CC(C)(C)[O-].[Mo]. The monoisotopic (exact) mass is 536 g/mol. The van der Waals surface area contributed by atoms with Gasteiger partial charge in [0, 0.05) is 21.1 Å². The van der Waals surface area contributed by atoms with Crippen LogP contribution in [-0.2, 0) is 21.1 Å². The second-order valence-corrected chi connectivity index (χ2v) is 12.7. The Morgan fingerprint density at radius 1 is 0.226 bits per heavy atom. The third-order valence-corrected chi connectivity index (χ3v) is 0. The number of hydrogen-bond donors (Lipinski definition) is 0. The smallest absolute Gasteiger partial charge is 0 e. The summed E-state index contributed by atoms with van der Waals surface area (Å²) in [6.45, 7) is 29.4. The molecule has 0 N–H and O–H groups in total. The van der Waals surface area contributed by atoms with Gasteiger partial charge in [0.15, 0.2) is 0 Å². The van der Waals surface area contributed by atoms with Gasteiger partial charge in [0.05, 0.1) is 0 Å². The molecule has 0 amide bonds. The van der Waals surface area contributed by atoms with Crippen molar-refractivity contribution in [3.8, 4) is 0 Å². The molecule has 0 aromatic carbocycles. The molecule has 0 rings (SSSR count). The van der Waals surface area contributed by atoms with E-state index in [0.29, 0.717) is 0 Å². The van der Waals surface area contributed by atoms with Gasteiger partial charge in [-0.2, -0.15) is 0 Å². The maximum atomic E-state index is 10.1. The van der Waals surface area contributed by atoms with Crippen molar-refractivity contribution in [1.82, 2.24) is 0 Å². The second-order valence-electron chi connectivity index (χ2n) is 12.7. The van der Waals surface area contributed by atoms with Crippen molar-refractivity contribution in [2.45, 2.75) is 158 Å². The van der Waals surface area contributed by atoms with Crippen molar-refractivity contribution in [3.05, 3.63) is 0 Å². The van der Waals surface area contributed by atoms with Crippen LogP contribution in [0.15, 0.2) is 0 Å². The van der Waals surface area contributed by atoms with Crippen LogP contribution >= 0.6 is 0 Å². The molecule has 0 aliphatic heterocycles. The first kappa shape index (κ1) is 48.8. The van der Waals surface area contributed by atoms with Crippen LogP contribution < -0.4 is 30.6 Å². The van der Waals surface area contributed by atoms with Crippen molar-refractivity contribution in [2.24, 2.45) is 0 Å². The van der Waals surface area contributed by atoms with Crippen LogP contribution in [0.1, 0.15) is 125 Å². The maximum Gasteiger partial charge on any atom is 0 e. The summed E-state index contributed by atoms with van der Waals surface area (Å²) in [6.07, 6.45) is 0. The molecular formula is C24H54MoO6-6. The van der Waals surface area contributed by atoms with Crippen LogP contribution in [0.2, 0.25) is 0 Å². The van der Waals surface area contributed by atoms with Crippen molar-refractivity contribution in [3.63, 3.8) is 0 Å². The summed E-state index contributed by atoms with van der Waals surface area (Å²) < 4.78 is 0. The minimum absolute atomic E-state index is 0. The molecular weight excluding hydrogens is 480 g/mol. The zero-order valence-electron chi connectivity index (χ0n) is 23.9. The fourth-order valence-electron chi connectivity index (χ4n) is 0. The van der Waals surface area contributed by atoms with E-state index in [4.69, 9.17) is 0 Å². The molecule has 0 spiro atoms. The van der Waals surface area contributed by atoms with Crippen molar-refractivity contribution in [1.29, 1.82) is 0 Å². The Morgan fingerprint density at radius 2 is 0.226 bits per heavy atom. The molecule has 7 heteroatoms. The van der Waals surface area contributed by atoms with Crippen LogP contribution in [0.5, 0.6) is 0 Å². The topological polar surface area (TPSA) is 138 Å². The van der Waals surface area contributed by atoms with Gasteiger partial charge in [-0.3, -0.25) is 0 Å². The minimum atomic E-state index is -0.750. The zero-order valence-corrected chi connectivity index (χ0v) is 25.9. The molecule has 0 aliphatic rings. The van der Waals surface area contributed by atoms with Gasteiger partial charge in [0.25, 0.3) is 0 Å². The van der Waals surface area contributed by atoms with Crippen LogP contribution in [-0.4, -0.2) is 33.6 Å². The van der Waals surface area contributed by atoms with E-state index in [0.717, 1.165) is 0 Å². The average Bonchev–Trinajstić information content (AvgIpc) is 1.94. The molecule has 0 bridgehead atoms. The van der Waals surface area contributed by atoms with E-state index in [1.54, 1.807) is 125 Å². The normalized spacial score (nSPS) is 11.6. The van der Waals surface area contributed by atoms with Gasteiger partial charge in [-0.05, 0) is 0 Å². The Labute approximate surface area is 209 Å². The molecule has 0 aliphatic carbocycles. The molecule has 0 aromatic heterocycles. The predicted molar refractivity (Wildman–Crippen MR) is 119 cm³/mol. The zero-order chi connectivity index (χ0) is 27.0. The largest absolute Gasteiger partial charge is 0.850 e. The van der Waals surface area contributed by atoms with Gasteiger partial charge in [-0.15, -0.1) is 33.6 Å². The molecule has 0 heterocycles. The first-order chi connectivity index (χ1) is 12.0. The summed E-state index contributed by atoms with van der Waals surface area (Å²) in [5.74, 6) is 0. The summed E-state index contributed by atoms with van der Waals surface area (Å²) in [6, 6.07) is 0. The Morgan fingerprint density at radius 3 is 0.226 bits per heavy atom. The molecule has 0 radical (unpaired) electrons. The van der Waals surface area contributed by atoms with E-state index in [1.165, 1.54) is 0 Å². The van der Waals surface area contributed by atoms with Gasteiger partial charge in [0.1, 0.15) is 0 Å². The van der Waals surface area contributed by atoms with Gasteiger partial charge in [-0.25, -0.2) is 0 Å². The Kier molecular flexibility index (Phi) is 31.3. The molecule has 0 atom stereocenters. The standard InChI is InChI=1S/6C4H9O.Mo/c6*1-4(2,3)5;/h6*1-3H3;/q6*-1;. The molecule has 31 heavy (non-hydrogen) atoms. The molecule has 0 unspecified atom stereocenters. The summed E-state index contributed by atoms with van der Waals surface area (Å²) in [5.41, 5.74) is -4.50. The van der Waals surface area contributed by atoms with Crippen LogP contribution in [0, 0.1) is 0 Å². The Balaban J connectivity index is -0.0000000443. The van der Waals surface area contributed by atoms with Crippen molar-refractivity contribution >= 4 is 0 Å². The molecule has 198 valence electrons. The number of hydrogen-bond acceptors (Lipinski definition) is 6.